The van der Waals surface area contributed by atoms with E-state index in [-0.39, 0.29) is 6.23 Å². The Morgan fingerprint density at radius 2 is 2.43 bits per heavy atom. The SMILES string of the molecule is CCCN1CC1O. The van der Waals surface area contributed by atoms with Gasteiger partial charge in [0, 0.05) is 13.1 Å². The highest BCUT2D eigenvalue weighted by atomic mass is 16.3. The Bertz CT molecular complexity index is 65.1. The smallest absolute Gasteiger partial charge is 0.120 e. The maximum atomic E-state index is 8.68. The molecule has 1 N–H and O–H groups in total. The summed E-state index contributed by atoms with van der Waals surface area (Å²) in [6, 6.07) is 0. The fourth-order valence-electron chi connectivity index (χ4n) is 0.690. The van der Waals surface area contributed by atoms with Crippen LogP contribution in [-0.4, -0.2) is 29.3 Å². The third-order valence-corrected chi connectivity index (χ3v) is 1.20. The Balaban J connectivity index is 1.98. The molecule has 0 aliphatic carbocycles. The molecule has 2 nitrogen and oxygen atoms in total. The molecular formula is C5H11NO. The molecule has 2 atom stereocenters. The quantitative estimate of drug-likeness (QED) is 0.496. The van der Waals surface area contributed by atoms with Gasteiger partial charge in [-0.25, -0.2) is 0 Å². The highest BCUT2D eigenvalue weighted by Gasteiger charge is 2.29. The highest BCUT2D eigenvalue weighted by Crippen LogP contribution is 2.12. The zero-order valence-corrected chi connectivity index (χ0v) is 4.59. The van der Waals surface area contributed by atoms with E-state index in [2.05, 4.69) is 6.92 Å². The van der Waals surface area contributed by atoms with E-state index in [9.17, 15) is 0 Å². The first-order valence-corrected chi connectivity index (χ1v) is 2.76. The van der Waals surface area contributed by atoms with E-state index in [1.807, 2.05) is 4.90 Å². The van der Waals surface area contributed by atoms with Crippen molar-refractivity contribution in [2.24, 2.45) is 0 Å². The molecule has 2 heteroatoms. The van der Waals surface area contributed by atoms with Gasteiger partial charge < -0.3 is 5.11 Å². The van der Waals surface area contributed by atoms with E-state index in [1.54, 1.807) is 0 Å². The molecule has 0 aromatic rings. The van der Waals surface area contributed by atoms with Gasteiger partial charge in [0.05, 0.1) is 0 Å². The highest BCUT2D eigenvalue weighted by molar-refractivity contribution is 4.77. The molecule has 0 aromatic heterocycles. The van der Waals surface area contributed by atoms with Crippen molar-refractivity contribution < 1.29 is 5.11 Å². The zero-order valence-electron chi connectivity index (χ0n) is 4.59. The van der Waals surface area contributed by atoms with Crippen LogP contribution in [0, 0.1) is 0 Å². The van der Waals surface area contributed by atoms with E-state index in [4.69, 9.17) is 5.11 Å². The summed E-state index contributed by atoms with van der Waals surface area (Å²) in [6.45, 7) is 4.07. The first-order valence-electron chi connectivity index (χ1n) is 2.76. The van der Waals surface area contributed by atoms with Crippen molar-refractivity contribution in [2.75, 3.05) is 13.1 Å². The minimum absolute atomic E-state index is 0.0973. The first kappa shape index (κ1) is 5.06. The molecular weight excluding hydrogens is 90.1 g/mol. The maximum Gasteiger partial charge on any atom is 0.120 e. The molecule has 0 aromatic carbocycles. The fraction of sp³-hybridized carbons (Fsp3) is 1.00. The summed E-state index contributed by atoms with van der Waals surface area (Å²) in [5.41, 5.74) is 0. The molecule has 1 fully saturated rings. The van der Waals surface area contributed by atoms with Gasteiger partial charge in [-0.2, -0.15) is 0 Å². The van der Waals surface area contributed by atoms with Crippen molar-refractivity contribution in [3.05, 3.63) is 0 Å². The average Bonchev–Trinajstić information content (AvgIpc) is 2.22. The topological polar surface area (TPSA) is 23.2 Å². The molecule has 0 radical (unpaired) electrons. The number of nitrogens with zero attached hydrogens (tertiary/aromatic N) is 1. The van der Waals surface area contributed by atoms with Crippen molar-refractivity contribution in [3.63, 3.8) is 0 Å². The van der Waals surface area contributed by atoms with Crippen molar-refractivity contribution >= 4 is 0 Å². The summed E-state index contributed by atoms with van der Waals surface area (Å²) < 4.78 is 0. The third-order valence-electron chi connectivity index (χ3n) is 1.20. The van der Waals surface area contributed by atoms with E-state index < -0.39 is 0 Å². The number of aliphatic hydroxyl groups excluding tert-OH is 1. The summed E-state index contributed by atoms with van der Waals surface area (Å²) >= 11 is 0. The van der Waals surface area contributed by atoms with Crippen molar-refractivity contribution in [2.45, 2.75) is 19.6 Å². The Morgan fingerprint density at radius 3 is 2.57 bits per heavy atom. The summed E-state index contributed by atoms with van der Waals surface area (Å²) in [4.78, 5) is 2.03. The van der Waals surface area contributed by atoms with Crippen LogP contribution in [0.4, 0.5) is 0 Å². The van der Waals surface area contributed by atoms with Crippen LogP contribution in [0.2, 0.25) is 0 Å². The predicted octanol–water partition coefficient (Wildman–Crippen LogP) is 0.0304. The van der Waals surface area contributed by atoms with Crippen molar-refractivity contribution in [1.82, 2.24) is 4.90 Å². The van der Waals surface area contributed by atoms with Crippen LogP contribution in [0.15, 0.2) is 0 Å². The minimum Gasteiger partial charge on any atom is -0.377 e. The van der Waals surface area contributed by atoms with Gasteiger partial charge in [0.15, 0.2) is 0 Å². The van der Waals surface area contributed by atoms with Crippen LogP contribution in [0.1, 0.15) is 13.3 Å². The lowest BCUT2D eigenvalue weighted by atomic mass is 10.5. The number of hydrogen-bond acceptors (Lipinski definition) is 2. The van der Waals surface area contributed by atoms with Gasteiger partial charge in [-0.15, -0.1) is 0 Å². The van der Waals surface area contributed by atoms with Crippen LogP contribution in [-0.2, 0) is 0 Å². The van der Waals surface area contributed by atoms with Crippen molar-refractivity contribution in [1.29, 1.82) is 0 Å². The molecule has 1 heterocycles. The van der Waals surface area contributed by atoms with Gasteiger partial charge >= 0.3 is 0 Å². The molecule has 7 heavy (non-hydrogen) atoms. The molecule has 1 rings (SSSR count). The van der Waals surface area contributed by atoms with E-state index in [0.29, 0.717) is 0 Å². The minimum atomic E-state index is -0.0973. The molecule has 0 amide bonds. The standard InChI is InChI=1S/C5H11NO/c1-2-3-6-4-5(6)7/h5,7H,2-4H2,1H3. The largest absolute Gasteiger partial charge is 0.377 e. The van der Waals surface area contributed by atoms with Gasteiger partial charge in [-0.05, 0) is 6.42 Å². The van der Waals surface area contributed by atoms with Crippen LogP contribution in [0.5, 0.6) is 0 Å². The Morgan fingerprint density at radius 1 is 1.86 bits per heavy atom. The summed E-state index contributed by atoms with van der Waals surface area (Å²) in [6.07, 6.45) is 1.05. The number of β-amino-alcohol motifs (C(OH)–C–C–N with tert-alkyl or cyclic N) is 1. The van der Waals surface area contributed by atoms with Gasteiger partial charge in [-0.3, -0.25) is 4.90 Å². The summed E-state index contributed by atoms with van der Waals surface area (Å²) in [5.74, 6) is 0. The molecule has 0 bridgehead atoms. The van der Waals surface area contributed by atoms with E-state index in [0.717, 1.165) is 19.5 Å². The van der Waals surface area contributed by atoms with Crippen LogP contribution in [0.25, 0.3) is 0 Å². The molecule has 0 saturated carbocycles. The normalized spacial score (nSPS) is 38.6. The Hall–Kier alpha value is -0.0800. The van der Waals surface area contributed by atoms with Gasteiger partial charge in [0.1, 0.15) is 6.23 Å². The molecule has 2 unspecified atom stereocenters. The second-order valence-corrected chi connectivity index (χ2v) is 1.98. The third kappa shape index (κ3) is 1.14. The fourth-order valence-corrected chi connectivity index (χ4v) is 0.690. The monoisotopic (exact) mass is 101 g/mol. The second kappa shape index (κ2) is 1.80. The summed E-state index contributed by atoms with van der Waals surface area (Å²) in [7, 11) is 0. The molecule has 1 saturated heterocycles. The Kier molecular flexibility index (Phi) is 1.30. The van der Waals surface area contributed by atoms with E-state index >= 15 is 0 Å². The maximum absolute atomic E-state index is 8.68. The van der Waals surface area contributed by atoms with Crippen LogP contribution < -0.4 is 0 Å². The van der Waals surface area contributed by atoms with Crippen molar-refractivity contribution in [3.8, 4) is 0 Å². The van der Waals surface area contributed by atoms with Crippen LogP contribution in [0.3, 0.4) is 0 Å². The molecule has 1 aliphatic rings. The lowest BCUT2D eigenvalue weighted by Crippen LogP contribution is -2.00. The second-order valence-electron chi connectivity index (χ2n) is 1.98. The van der Waals surface area contributed by atoms with Crippen LogP contribution >= 0.6 is 0 Å². The molecule has 42 valence electrons. The first-order chi connectivity index (χ1) is 3.34. The zero-order chi connectivity index (χ0) is 5.28. The lowest BCUT2D eigenvalue weighted by molar-refractivity contribution is 0.210. The number of hydrogen-bond donors (Lipinski definition) is 1. The molecule has 1 aliphatic heterocycles. The molecule has 0 spiro atoms. The van der Waals surface area contributed by atoms with Gasteiger partial charge in [0.25, 0.3) is 0 Å². The van der Waals surface area contributed by atoms with E-state index in [1.165, 1.54) is 0 Å². The number of aliphatic hydroxyl groups is 1. The summed E-state index contributed by atoms with van der Waals surface area (Å²) in [5, 5.41) is 8.68. The lowest BCUT2D eigenvalue weighted by Gasteiger charge is -1.91. The number of rotatable bonds is 2. The van der Waals surface area contributed by atoms with Gasteiger partial charge in [-0.1, -0.05) is 6.92 Å². The predicted molar refractivity (Wildman–Crippen MR) is 27.9 cm³/mol. The van der Waals surface area contributed by atoms with Gasteiger partial charge in [0.2, 0.25) is 0 Å². The Labute approximate surface area is 43.7 Å². The average molecular weight is 101 g/mol.